The molecular formula is C14H17NO4. The number of ether oxygens (including phenoxy) is 2. The van der Waals surface area contributed by atoms with E-state index < -0.39 is 0 Å². The number of hydrogen-bond acceptors (Lipinski definition) is 4. The second kappa shape index (κ2) is 5.73. The van der Waals surface area contributed by atoms with E-state index >= 15 is 0 Å². The number of carbonyl (C=O) groups excluding carboxylic acids is 2. The molecule has 0 aliphatic carbocycles. The molecule has 0 atom stereocenters. The molecule has 0 aromatic heterocycles. The number of fused-ring (bicyclic) bond motifs is 1. The molecule has 1 heterocycles. The third-order valence-corrected chi connectivity index (χ3v) is 2.97. The standard InChI is InChI=1S/C14H17NO4/c1-10(16)3-6-14(17)15(2)8-11-4-5-12-13(7-11)19-9-18-12/h4-5,7H,3,6,8-9H2,1-2H3. The van der Waals surface area contributed by atoms with E-state index in [-0.39, 0.29) is 24.9 Å². The lowest BCUT2D eigenvalue weighted by atomic mass is 10.1. The Morgan fingerprint density at radius 1 is 1.21 bits per heavy atom. The SMILES string of the molecule is CC(=O)CCC(=O)N(C)Cc1ccc2c(c1)OCO2. The van der Waals surface area contributed by atoms with Crippen molar-refractivity contribution < 1.29 is 19.1 Å². The summed E-state index contributed by atoms with van der Waals surface area (Å²) < 4.78 is 10.5. The van der Waals surface area contributed by atoms with Crippen LogP contribution in [0.1, 0.15) is 25.3 Å². The highest BCUT2D eigenvalue weighted by Gasteiger charge is 2.15. The molecule has 0 saturated heterocycles. The summed E-state index contributed by atoms with van der Waals surface area (Å²) in [6.07, 6.45) is 0.556. The molecule has 2 rings (SSSR count). The van der Waals surface area contributed by atoms with Gasteiger partial charge in [0.15, 0.2) is 11.5 Å². The molecule has 1 aromatic carbocycles. The lowest BCUT2D eigenvalue weighted by Gasteiger charge is -2.17. The number of nitrogens with zero attached hydrogens (tertiary/aromatic N) is 1. The van der Waals surface area contributed by atoms with Crippen LogP contribution in [0.15, 0.2) is 18.2 Å². The zero-order chi connectivity index (χ0) is 13.8. The smallest absolute Gasteiger partial charge is 0.231 e. The van der Waals surface area contributed by atoms with E-state index in [4.69, 9.17) is 9.47 Å². The average Bonchev–Trinajstić information content (AvgIpc) is 2.83. The normalized spacial score (nSPS) is 12.3. The van der Waals surface area contributed by atoms with E-state index in [1.165, 1.54) is 6.92 Å². The van der Waals surface area contributed by atoms with Crippen molar-refractivity contribution in [3.8, 4) is 11.5 Å². The molecule has 0 spiro atoms. The Kier molecular flexibility index (Phi) is 4.04. The predicted octanol–water partition coefficient (Wildman–Crippen LogP) is 1.74. The molecule has 19 heavy (non-hydrogen) atoms. The summed E-state index contributed by atoms with van der Waals surface area (Å²) in [7, 11) is 1.73. The van der Waals surface area contributed by atoms with Gasteiger partial charge in [0.1, 0.15) is 5.78 Å². The highest BCUT2D eigenvalue weighted by Crippen LogP contribution is 2.32. The van der Waals surface area contributed by atoms with E-state index in [2.05, 4.69) is 0 Å². The van der Waals surface area contributed by atoms with Crippen LogP contribution in [0.3, 0.4) is 0 Å². The molecule has 102 valence electrons. The summed E-state index contributed by atoms with van der Waals surface area (Å²) in [6.45, 7) is 2.23. The number of hydrogen-bond donors (Lipinski definition) is 0. The predicted molar refractivity (Wildman–Crippen MR) is 69.0 cm³/mol. The fraction of sp³-hybridized carbons (Fsp3) is 0.429. The van der Waals surface area contributed by atoms with E-state index in [0.29, 0.717) is 18.7 Å². The van der Waals surface area contributed by atoms with E-state index in [9.17, 15) is 9.59 Å². The van der Waals surface area contributed by atoms with Gasteiger partial charge in [0.2, 0.25) is 12.7 Å². The molecule has 0 saturated carbocycles. The first kappa shape index (κ1) is 13.4. The van der Waals surface area contributed by atoms with Crippen LogP contribution in [0, 0.1) is 0 Å². The zero-order valence-electron chi connectivity index (χ0n) is 11.1. The minimum absolute atomic E-state index is 0.0322. The molecule has 0 unspecified atom stereocenters. The van der Waals surface area contributed by atoms with Gasteiger partial charge < -0.3 is 19.2 Å². The summed E-state index contributed by atoms with van der Waals surface area (Å²) >= 11 is 0. The summed E-state index contributed by atoms with van der Waals surface area (Å²) in [6, 6.07) is 5.62. The van der Waals surface area contributed by atoms with Gasteiger partial charge in [-0.1, -0.05) is 6.07 Å². The van der Waals surface area contributed by atoms with Crippen molar-refractivity contribution in [2.75, 3.05) is 13.8 Å². The number of ketones is 1. The fourth-order valence-corrected chi connectivity index (χ4v) is 1.88. The minimum atomic E-state index is -0.0344. The number of carbonyl (C=O) groups is 2. The van der Waals surface area contributed by atoms with Gasteiger partial charge in [-0.25, -0.2) is 0 Å². The largest absolute Gasteiger partial charge is 0.454 e. The third-order valence-electron chi connectivity index (χ3n) is 2.97. The van der Waals surface area contributed by atoms with Crippen LogP contribution >= 0.6 is 0 Å². The maximum absolute atomic E-state index is 11.8. The Balaban J connectivity index is 1.93. The highest BCUT2D eigenvalue weighted by molar-refractivity contribution is 5.83. The van der Waals surface area contributed by atoms with Gasteiger partial charge >= 0.3 is 0 Å². The van der Waals surface area contributed by atoms with Crippen LogP contribution in [-0.2, 0) is 16.1 Å². The van der Waals surface area contributed by atoms with Gasteiger partial charge in [-0.3, -0.25) is 4.79 Å². The van der Waals surface area contributed by atoms with Crippen molar-refractivity contribution in [3.63, 3.8) is 0 Å². The topological polar surface area (TPSA) is 55.8 Å². The van der Waals surface area contributed by atoms with Crippen molar-refractivity contribution in [2.45, 2.75) is 26.3 Å². The number of rotatable bonds is 5. The molecule has 1 aliphatic heterocycles. The zero-order valence-corrected chi connectivity index (χ0v) is 11.1. The molecule has 0 radical (unpaired) electrons. The van der Waals surface area contributed by atoms with Gasteiger partial charge in [0.05, 0.1) is 0 Å². The van der Waals surface area contributed by atoms with Crippen LogP contribution in [-0.4, -0.2) is 30.4 Å². The second-order valence-corrected chi connectivity index (χ2v) is 4.64. The minimum Gasteiger partial charge on any atom is -0.454 e. The summed E-state index contributed by atoms with van der Waals surface area (Å²) in [5, 5.41) is 0. The Morgan fingerprint density at radius 2 is 1.95 bits per heavy atom. The van der Waals surface area contributed by atoms with Gasteiger partial charge in [0.25, 0.3) is 0 Å². The molecule has 1 amide bonds. The first-order valence-electron chi connectivity index (χ1n) is 6.18. The molecule has 5 nitrogen and oxygen atoms in total. The van der Waals surface area contributed by atoms with Crippen LogP contribution in [0.2, 0.25) is 0 Å². The molecule has 5 heteroatoms. The maximum Gasteiger partial charge on any atom is 0.231 e. The number of Topliss-reactive ketones (excluding diaryl/α,β-unsaturated/α-hetero) is 1. The Labute approximate surface area is 112 Å². The van der Waals surface area contributed by atoms with Crippen LogP contribution in [0.4, 0.5) is 0 Å². The van der Waals surface area contributed by atoms with E-state index in [1.54, 1.807) is 11.9 Å². The van der Waals surface area contributed by atoms with E-state index in [0.717, 1.165) is 11.3 Å². The summed E-state index contributed by atoms with van der Waals surface area (Å²) in [4.78, 5) is 24.3. The quantitative estimate of drug-likeness (QED) is 0.812. The van der Waals surface area contributed by atoms with Crippen LogP contribution in [0.5, 0.6) is 11.5 Å². The Bertz CT molecular complexity index is 498. The Morgan fingerprint density at radius 3 is 2.68 bits per heavy atom. The second-order valence-electron chi connectivity index (χ2n) is 4.64. The average molecular weight is 263 g/mol. The van der Waals surface area contributed by atoms with E-state index in [1.807, 2.05) is 18.2 Å². The van der Waals surface area contributed by atoms with Crippen molar-refractivity contribution in [1.29, 1.82) is 0 Å². The highest BCUT2D eigenvalue weighted by atomic mass is 16.7. The molecule has 0 fully saturated rings. The molecular weight excluding hydrogens is 246 g/mol. The molecule has 1 aromatic rings. The van der Waals surface area contributed by atoms with Crippen molar-refractivity contribution in [1.82, 2.24) is 4.90 Å². The lowest BCUT2D eigenvalue weighted by Crippen LogP contribution is -2.26. The molecule has 0 bridgehead atoms. The van der Waals surface area contributed by atoms with Gasteiger partial charge in [-0.05, 0) is 24.6 Å². The van der Waals surface area contributed by atoms with Gasteiger partial charge in [-0.15, -0.1) is 0 Å². The van der Waals surface area contributed by atoms with Crippen LogP contribution < -0.4 is 9.47 Å². The summed E-state index contributed by atoms with van der Waals surface area (Å²) in [5.41, 5.74) is 0.975. The first-order valence-corrected chi connectivity index (χ1v) is 6.18. The van der Waals surface area contributed by atoms with Crippen LogP contribution in [0.25, 0.3) is 0 Å². The third kappa shape index (κ3) is 3.47. The fourth-order valence-electron chi connectivity index (χ4n) is 1.88. The Hall–Kier alpha value is -2.04. The molecule has 0 N–H and O–H groups in total. The van der Waals surface area contributed by atoms with Crippen molar-refractivity contribution >= 4 is 11.7 Å². The van der Waals surface area contributed by atoms with Gasteiger partial charge in [0, 0.05) is 26.4 Å². The number of benzene rings is 1. The van der Waals surface area contributed by atoms with Gasteiger partial charge in [-0.2, -0.15) is 0 Å². The monoisotopic (exact) mass is 263 g/mol. The van der Waals surface area contributed by atoms with Crippen molar-refractivity contribution in [2.24, 2.45) is 0 Å². The first-order chi connectivity index (χ1) is 9.06. The number of amides is 1. The lowest BCUT2D eigenvalue weighted by molar-refractivity contribution is -0.132. The summed E-state index contributed by atoms with van der Waals surface area (Å²) in [5.74, 6) is 1.44. The molecule has 1 aliphatic rings. The maximum atomic E-state index is 11.8. The van der Waals surface area contributed by atoms with Crippen molar-refractivity contribution in [3.05, 3.63) is 23.8 Å².